The van der Waals surface area contributed by atoms with Gasteiger partial charge in [-0.05, 0) is 26.7 Å². The van der Waals surface area contributed by atoms with E-state index in [0.29, 0.717) is 35.6 Å². The Morgan fingerprint density at radius 1 is 1.53 bits per heavy atom. The third-order valence-electron chi connectivity index (χ3n) is 3.02. The number of carbonyl (C=O) groups excluding carboxylic acids is 1. The van der Waals surface area contributed by atoms with Gasteiger partial charge in [-0.25, -0.2) is 14.8 Å². The first-order chi connectivity index (χ1) is 9.20. The Hall–Kier alpha value is -2.11. The molecule has 0 aliphatic heterocycles. The van der Waals surface area contributed by atoms with Gasteiger partial charge in [0.2, 0.25) is 11.5 Å². The molecule has 1 fully saturated rings. The maximum atomic E-state index is 11.9. The van der Waals surface area contributed by atoms with Crippen molar-refractivity contribution >= 4 is 5.97 Å². The molecule has 100 valence electrons. The summed E-state index contributed by atoms with van der Waals surface area (Å²) in [4.78, 5) is 20.2. The zero-order valence-electron chi connectivity index (χ0n) is 10.8. The molecule has 0 N–H and O–H groups in total. The second-order valence-corrected chi connectivity index (χ2v) is 4.50. The minimum Gasteiger partial charge on any atom is -0.460 e. The van der Waals surface area contributed by atoms with E-state index in [1.807, 2.05) is 0 Å². The number of carbonyl (C=O) groups is 1. The van der Waals surface area contributed by atoms with Crippen LogP contribution in [0.1, 0.15) is 47.6 Å². The Kier molecular flexibility index (Phi) is 2.85. The topological polar surface area (TPSA) is 78.4 Å². The van der Waals surface area contributed by atoms with Crippen molar-refractivity contribution in [2.45, 2.75) is 32.6 Å². The molecule has 1 saturated carbocycles. The highest BCUT2D eigenvalue weighted by Crippen LogP contribution is 2.42. The van der Waals surface area contributed by atoms with E-state index in [0.717, 1.165) is 12.8 Å². The number of oxazole rings is 2. The Labute approximate surface area is 109 Å². The predicted molar refractivity (Wildman–Crippen MR) is 64.7 cm³/mol. The summed E-state index contributed by atoms with van der Waals surface area (Å²) < 4.78 is 15.8. The molecule has 0 radical (unpaired) electrons. The first kappa shape index (κ1) is 12.0. The highest BCUT2D eigenvalue weighted by molar-refractivity contribution is 5.88. The van der Waals surface area contributed by atoms with Crippen LogP contribution in [0.3, 0.4) is 0 Å². The summed E-state index contributed by atoms with van der Waals surface area (Å²) in [6, 6.07) is 0. The van der Waals surface area contributed by atoms with Crippen molar-refractivity contribution < 1.29 is 18.4 Å². The van der Waals surface area contributed by atoms with Crippen molar-refractivity contribution in [3.8, 4) is 11.7 Å². The summed E-state index contributed by atoms with van der Waals surface area (Å²) in [6.07, 6.45) is 3.37. The average Bonchev–Trinajstić information content (AvgIpc) is 2.99. The van der Waals surface area contributed by atoms with Gasteiger partial charge >= 0.3 is 5.97 Å². The van der Waals surface area contributed by atoms with Gasteiger partial charge in [0.25, 0.3) is 5.89 Å². The second-order valence-electron chi connectivity index (χ2n) is 4.50. The smallest absolute Gasteiger partial charge is 0.376 e. The molecule has 0 saturated heterocycles. The van der Waals surface area contributed by atoms with Crippen LogP contribution in [0.2, 0.25) is 0 Å². The molecule has 0 aromatic carbocycles. The van der Waals surface area contributed by atoms with E-state index < -0.39 is 5.97 Å². The number of hydrogen-bond acceptors (Lipinski definition) is 6. The molecule has 2 aromatic heterocycles. The fraction of sp³-hybridized carbons (Fsp3) is 0.462. The molecular weight excluding hydrogens is 248 g/mol. The molecule has 1 aliphatic rings. The number of nitrogens with zero attached hydrogens (tertiary/aromatic N) is 2. The van der Waals surface area contributed by atoms with Crippen molar-refractivity contribution in [2.75, 3.05) is 6.61 Å². The van der Waals surface area contributed by atoms with Crippen LogP contribution >= 0.6 is 0 Å². The summed E-state index contributed by atoms with van der Waals surface area (Å²) in [5.74, 6) is 0.757. The molecule has 0 bridgehead atoms. The number of rotatable bonds is 4. The van der Waals surface area contributed by atoms with Gasteiger partial charge in [-0.1, -0.05) is 0 Å². The van der Waals surface area contributed by atoms with Gasteiger partial charge in [-0.2, -0.15) is 0 Å². The van der Waals surface area contributed by atoms with E-state index in [1.54, 1.807) is 13.8 Å². The van der Waals surface area contributed by atoms with Crippen molar-refractivity contribution in [2.24, 2.45) is 0 Å². The summed E-state index contributed by atoms with van der Waals surface area (Å²) in [6.45, 7) is 3.86. The van der Waals surface area contributed by atoms with Gasteiger partial charge < -0.3 is 13.6 Å². The lowest BCUT2D eigenvalue weighted by atomic mass is 10.2. The molecule has 0 unspecified atom stereocenters. The SMILES string of the molecule is CCOC(=O)c1oc(-c2ocnc2C)nc1C1CC1. The molecular formula is C13H14N2O4. The first-order valence-corrected chi connectivity index (χ1v) is 6.29. The Morgan fingerprint density at radius 2 is 2.32 bits per heavy atom. The summed E-state index contributed by atoms with van der Waals surface area (Å²) in [7, 11) is 0. The van der Waals surface area contributed by atoms with Crippen molar-refractivity contribution in [3.63, 3.8) is 0 Å². The predicted octanol–water partition coefficient (Wildman–Crippen LogP) is 2.69. The van der Waals surface area contributed by atoms with Crippen molar-refractivity contribution in [1.29, 1.82) is 0 Å². The standard InChI is InChI=1S/C13H14N2O4/c1-3-17-13(16)11-9(8-4-5-8)15-12(19-11)10-7(2)14-6-18-10/h6,8H,3-5H2,1-2H3. The highest BCUT2D eigenvalue weighted by Gasteiger charge is 2.35. The van der Waals surface area contributed by atoms with E-state index in [-0.39, 0.29) is 5.76 Å². The van der Waals surface area contributed by atoms with Crippen molar-refractivity contribution in [1.82, 2.24) is 9.97 Å². The van der Waals surface area contributed by atoms with E-state index in [9.17, 15) is 4.79 Å². The van der Waals surface area contributed by atoms with E-state index in [1.165, 1.54) is 6.39 Å². The van der Waals surface area contributed by atoms with Crippen LogP contribution in [-0.2, 0) is 4.74 Å². The summed E-state index contributed by atoms with van der Waals surface area (Å²) in [5, 5.41) is 0. The number of hydrogen-bond donors (Lipinski definition) is 0. The van der Waals surface area contributed by atoms with Crippen LogP contribution in [0.4, 0.5) is 0 Å². The number of ether oxygens (including phenoxy) is 1. The average molecular weight is 262 g/mol. The lowest BCUT2D eigenvalue weighted by molar-refractivity contribution is 0.0489. The molecule has 2 aromatic rings. The van der Waals surface area contributed by atoms with E-state index in [2.05, 4.69) is 9.97 Å². The first-order valence-electron chi connectivity index (χ1n) is 6.29. The van der Waals surface area contributed by atoms with Crippen LogP contribution in [0.15, 0.2) is 15.2 Å². The Morgan fingerprint density at radius 3 is 2.89 bits per heavy atom. The molecule has 0 atom stereocenters. The fourth-order valence-corrected chi connectivity index (χ4v) is 1.91. The van der Waals surface area contributed by atoms with Crippen LogP contribution in [0, 0.1) is 6.92 Å². The number of aryl methyl sites for hydroxylation is 1. The lowest BCUT2D eigenvalue weighted by Crippen LogP contribution is -2.05. The molecule has 1 aliphatic carbocycles. The maximum Gasteiger partial charge on any atom is 0.376 e. The molecule has 6 heteroatoms. The molecule has 0 amide bonds. The molecule has 6 nitrogen and oxygen atoms in total. The molecule has 19 heavy (non-hydrogen) atoms. The molecule has 2 heterocycles. The van der Waals surface area contributed by atoms with Gasteiger partial charge in [0, 0.05) is 5.92 Å². The monoisotopic (exact) mass is 262 g/mol. The third kappa shape index (κ3) is 2.14. The Balaban J connectivity index is 2.01. The van der Waals surface area contributed by atoms with Gasteiger partial charge in [0.1, 0.15) is 0 Å². The molecule has 3 rings (SSSR count). The lowest BCUT2D eigenvalue weighted by Gasteiger charge is -1.98. The van der Waals surface area contributed by atoms with Gasteiger partial charge in [0.05, 0.1) is 18.0 Å². The van der Waals surface area contributed by atoms with Crippen LogP contribution in [0.25, 0.3) is 11.7 Å². The zero-order valence-corrected chi connectivity index (χ0v) is 10.8. The number of aromatic nitrogens is 2. The summed E-state index contributed by atoms with van der Waals surface area (Å²) in [5.41, 5.74) is 1.35. The third-order valence-corrected chi connectivity index (χ3v) is 3.02. The van der Waals surface area contributed by atoms with Gasteiger partial charge in [0.15, 0.2) is 6.39 Å². The minimum absolute atomic E-state index is 0.190. The Bertz CT molecular complexity index is 610. The minimum atomic E-state index is -0.472. The van der Waals surface area contributed by atoms with Crippen LogP contribution < -0.4 is 0 Å². The van der Waals surface area contributed by atoms with E-state index in [4.69, 9.17) is 13.6 Å². The quantitative estimate of drug-likeness (QED) is 0.788. The summed E-state index contributed by atoms with van der Waals surface area (Å²) >= 11 is 0. The van der Waals surface area contributed by atoms with Gasteiger partial charge in [-0.3, -0.25) is 0 Å². The maximum absolute atomic E-state index is 11.9. The normalized spacial score (nSPS) is 14.6. The molecule has 0 spiro atoms. The van der Waals surface area contributed by atoms with E-state index >= 15 is 0 Å². The zero-order chi connectivity index (χ0) is 13.4. The van der Waals surface area contributed by atoms with Crippen LogP contribution in [0.5, 0.6) is 0 Å². The van der Waals surface area contributed by atoms with Crippen LogP contribution in [-0.4, -0.2) is 22.5 Å². The second kappa shape index (κ2) is 4.53. The number of esters is 1. The largest absolute Gasteiger partial charge is 0.460 e. The fourth-order valence-electron chi connectivity index (χ4n) is 1.91. The highest BCUT2D eigenvalue weighted by atomic mass is 16.5. The van der Waals surface area contributed by atoms with Crippen molar-refractivity contribution in [3.05, 3.63) is 23.5 Å². The van der Waals surface area contributed by atoms with Gasteiger partial charge in [-0.15, -0.1) is 0 Å².